The maximum absolute atomic E-state index is 7.43. The number of piperidine rings is 2. The average molecular weight is 406 g/mol. The third-order valence-corrected chi connectivity index (χ3v) is 7.09. The van der Waals surface area contributed by atoms with Gasteiger partial charge < -0.3 is 10.2 Å². The summed E-state index contributed by atoms with van der Waals surface area (Å²) in [6.45, 7) is 8.24. The number of nitrogens with zero attached hydrogens (tertiary/aromatic N) is 3. The number of aromatic nitrogens is 1. The minimum atomic E-state index is 0. The molecule has 28 heavy (non-hydrogen) atoms. The minimum Gasteiger partial charge on any atom is -0.310 e. The molecule has 0 amide bonds. The van der Waals surface area contributed by atoms with Crippen molar-refractivity contribution < 1.29 is 29.6 Å². The van der Waals surface area contributed by atoms with Crippen molar-refractivity contribution in [1.82, 2.24) is 15.2 Å². The van der Waals surface area contributed by atoms with Crippen molar-refractivity contribution in [3.05, 3.63) is 28.8 Å². The zero-order valence-electron chi connectivity index (χ0n) is 17.0. The number of hydrogen-bond donors (Lipinski definition) is 1. The molecule has 2 unspecified atom stereocenters. The second kappa shape index (κ2) is 11.1. The Bertz CT molecular complexity index is 797. The molecule has 3 heterocycles. The van der Waals surface area contributed by atoms with Crippen LogP contribution in [-0.4, -0.2) is 44.4 Å². The predicted molar refractivity (Wildman–Crippen MR) is 118 cm³/mol. The topological polar surface area (TPSA) is 52.0 Å². The molecule has 1 aromatic carbocycles. The number of likely N-dealkylation sites (tertiary alicyclic amines) is 1. The van der Waals surface area contributed by atoms with Crippen LogP contribution in [0.4, 0.5) is 0 Å². The van der Waals surface area contributed by atoms with Gasteiger partial charge in [-0.15, -0.1) is 11.3 Å². The summed E-state index contributed by atoms with van der Waals surface area (Å²) in [6, 6.07) is 7.46. The smallest absolute Gasteiger partial charge is 0.310 e. The van der Waals surface area contributed by atoms with Gasteiger partial charge in [0.15, 0.2) is 0 Å². The molecule has 2 saturated heterocycles. The van der Waals surface area contributed by atoms with Gasteiger partial charge in [0.25, 0.3) is 0 Å². The molecule has 4 rings (SSSR count). The van der Waals surface area contributed by atoms with E-state index in [1.54, 1.807) is 0 Å². The quantitative estimate of drug-likeness (QED) is 0.727. The first kappa shape index (κ1) is 23.9. The van der Waals surface area contributed by atoms with Gasteiger partial charge in [0.05, 0.1) is 23.1 Å². The third kappa shape index (κ3) is 5.81. The van der Waals surface area contributed by atoms with Gasteiger partial charge in [-0.05, 0) is 68.9 Å². The van der Waals surface area contributed by atoms with Gasteiger partial charge in [-0.25, -0.2) is 4.98 Å². The van der Waals surface area contributed by atoms with Crippen molar-refractivity contribution >= 4 is 29.4 Å². The molecule has 4 nitrogen and oxygen atoms in total. The van der Waals surface area contributed by atoms with E-state index < -0.39 is 0 Å². The van der Waals surface area contributed by atoms with Crippen LogP contribution in [0, 0.1) is 23.1 Å². The fraction of sp³-hybridized carbons (Fsp3) is 0.619. The molecule has 0 spiro atoms. The van der Waals surface area contributed by atoms with Crippen LogP contribution in [0.5, 0.6) is 0 Å². The fourth-order valence-electron chi connectivity index (χ4n) is 4.34. The van der Waals surface area contributed by atoms with E-state index in [1.165, 1.54) is 53.1 Å². The summed E-state index contributed by atoms with van der Waals surface area (Å²) in [5, 5.41) is 12.5. The van der Waals surface area contributed by atoms with Crippen molar-refractivity contribution in [3.63, 3.8) is 0 Å². The number of hydrogen-bond acceptors (Lipinski definition) is 5. The van der Waals surface area contributed by atoms with Crippen LogP contribution in [0.2, 0.25) is 0 Å². The van der Waals surface area contributed by atoms with E-state index in [2.05, 4.69) is 49.3 Å². The molecule has 2 aliphatic heterocycles. The Labute approximate surface area is 196 Å². The largest absolute Gasteiger partial charge is 1.00 e. The number of nitrogens with one attached hydrogen (secondary N) is 1. The van der Waals surface area contributed by atoms with E-state index in [4.69, 9.17) is 10.2 Å². The number of rotatable bonds is 2. The van der Waals surface area contributed by atoms with E-state index in [1.807, 2.05) is 17.3 Å². The minimum absolute atomic E-state index is 0. The van der Waals surface area contributed by atoms with Gasteiger partial charge in [-0.2, -0.15) is 5.97 Å². The Hall–Kier alpha value is -0.415. The van der Waals surface area contributed by atoms with E-state index in [9.17, 15) is 0 Å². The number of benzene rings is 1. The van der Waals surface area contributed by atoms with Gasteiger partial charge in [0, 0.05) is 18.5 Å². The van der Waals surface area contributed by atoms with Crippen LogP contribution < -0.4 is 34.9 Å². The van der Waals surface area contributed by atoms with E-state index in [0.29, 0.717) is 17.9 Å². The molecule has 146 valence electrons. The van der Waals surface area contributed by atoms with Crippen LogP contribution in [-0.2, 0) is 0 Å². The molecule has 4 atom stereocenters. The summed E-state index contributed by atoms with van der Waals surface area (Å²) in [6.07, 6.45) is 3.81. The number of fused-ring (bicyclic) bond motifs is 1. The molecule has 1 N–H and O–H groups in total. The Morgan fingerprint density at radius 2 is 2.04 bits per heavy atom. The summed E-state index contributed by atoms with van der Waals surface area (Å²) in [5.41, 5.74) is 2.63. The van der Waals surface area contributed by atoms with Crippen LogP contribution >= 0.6 is 11.3 Å². The van der Waals surface area contributed by atoms with E-state index in [0.717, 1.165) is 12.5 Å². The molecule has 0 aliphatic carbocycles. The van der Waals surface area contributed by atoms with Crippen LogP contribution in [0.3, 0.4) is 0 Å². The van der Waals surface area contributed by atoms with Crippen LogP contribution in [0.15, 0.2) is 18.2 Å². The first-order valence-electron chi connectivity index (χ1n) is 9.65. The van der Waals surface area contributed by atoms with Gasteiger partial charge in [0.2, 0.25) is 0 Å². The molecule has 1 aromatic heterocycles. The van der Waals surface area contributed by atoms with E-state index in [-0.39, 0.29) is 37.4 Å². The third-order valence-electron chi connectivity index (χ3n) is 5.92. The molecular formula is C21H32BN4NaS. The van der Waals surface area contributed by atoms with Crippen molar-refractivity contribution in [1.29, 1.82) is 5.26 Å². The zero-order valence-corrected chi connectivity index (χ0v) is 19.9. The first-order chi connectivity index (χ1) is 13.0. The maximum Gasteiger partial charge on any atom is 1.00 e. The summed E-state index contributed by atoms with van der Waals surface area (Å²) >= 11 is 1.91. The molecule has 0 saturated carbocycles. The molecule has 2 aromatic rings. The Balaban J connectivity index is 0.000000660. The summed E-state index contributed by atoms with van der Waals surface area (Å²) in [4.78, 5) is 7.50. The van der Waals surface area contributed by atoms with Crippen molar-refractivity contribution in [3.8, 4) is 5.97 Å². The van der Waals surface area contributed by atoms with E-state index >= 15 is 0 Å². The molecule has 0 radical (unpaired) electrons. The van der Waals surface area contributed by atoms with Gasteiger partial charge in [-0.1, -0.05) is 19.9 Å². The Morgan fingerprint density at radius 3 is 2.68 bits per heavy atom. The molecule has 7 heteroatoms. The fourth-order valence-corrected chi connectivity index (χ4v) is 5.56. The monoisotopic (exact) mass is 406 g/mol. The molecular weight excluding hydrogens is 374 g/mol. The van der Waals surface area contributed by atoms with Crippen molar-refractivity contribution in [2.24, 2.45) is 11.8 Å². The average Bonchev–Trinajstić information content (AvgIpc) is 3.06. The zero-order chi connectivity index (χ0) is 19.4. The van der Waals surface area contributed by atoms with Crippen molar-refractivity contribution in [2.75, 3.05) is 26.7 Å². The molecule has 2 aliphatic rings. The normalized spacial score (nSPS) is 28.0. The summed E-state index contributed by atoms with van der Waals surface area (Å²) in [7, 11) is 2.30. The predicted octanol–water partition coefficient (Wildman–Crippen LogP) is 0.249. The maximum atomic E-state index is 7.43. The standard InChI is InChI=1S/C20H29N3S.CH3BN.Na/c1-13-4-6-17(21-11-13)15-5-7-19-18(10-15)22-20(24-19)16-8-9-23(3)12-14(16)2;2-1-3;/h5,7,10,13-14,16-17,21H,4,6,8-9,11-12H2,1-3H3;2H3;/q;-1;+1/t13-,14?,16?,17+;;/m0../s1. The summed E-state index contributed by atoms with van der Waals surface area (Å²) in [5.74, 6) is 4.14. The summed E-state index contributed by atoms with van der Waals surface area (Å²) < 4.78 is 1.35. The van der Waals surface area contributed by atoms with Crippen LogP contribution in [0.25, 0.3) is 10.2 Å². The molecule has 0 bridgehead atoms. The second-order valence-corrected chi connectivity index (χ2v) is 9.12. The van der Waals surface area contributed by atoms with Gasteiger partial charge in [-0.3, -0.25) is 5.26 Å². The first-order valence-corrected chi connectivity index (χ1v) is 10.5. The number of nitriles is 1. The number of thiazole rings is 1. The van der Waals surface area contributed by atoms with Gasteiger partial charge >= 0.3 is 29.6 Å². The SMILES string of the molecule is CC1CN(C)CCC1c1nc2cc([C@H]3CC[C@H](C)CN3)ccc2s1.[BH3-]C#N.[Na+]. The Kier molecular flexibility index (Phi) is 9.46. The van der Waals surface area contributed by atoms with Crippen molar-refractivity contribution in [2.45, 2.75) is 45.1 Å². The van der Waals surface area contributed by atoms with Crippen LogP contribution in [0.1, 0.15) is 55.6 Å². The molecule has 2 fully saturated rings. The van der Waals surface area contributed by atoms with Gasteiger partial charge in [0.1, 0.15) is 0 Å². The Morgan fingerprint density at radius 1 is 1.29 bits per heavy atom. The second-order valence-electron chi connectivity index (χ2n) is 8.06.